The van der Waals surface area contributed by atoms with Crippen LogP contribution in [-0.4, -0.2) is 11.7 Å². The quantitative estimate of drug-likeness (QED) is 0.582. The predicted molar refractivity (Wildman–Crippen MR) is 82.5 cm³/mol. The van der Waals surface area contributed by atoms with Crippen molar-refractivity contribution in [1.82, 2.24) is 5.43 Å². The number of thiocarbonyl (C=S) groups is 1. The van der Waals surface area contributed by atoms with Gasteiger partial charge in [-0.3, -0.25) is 10.9 Å². The van der Waals surface area contributed by atoms with E-state index in [2.05, 4.69) is 20.9 Å². The van der Waals surface area contributed by atoms with Gasteiger partial charge in [0.05, 0.1) is 5.69 Å². The molecule has 0 aliphatic rings. The minimum Gasteiger partial charge on any atom is -0.435 e. The van der Waals surface area contributed by atoms with E-state index in [1.807, 2.05) is 30.3 Å². The normalized spacial score (nSPS) is 10.0. The maximum absolute atomic E-state index is 12.0. The average molecular weight is 309 g/mol. The summed E-state index contributed by atoms with van der Waals surface area (Å²) in [6.07, 6.45) is 0. The molecule has 0 amide bonds. The van der Waals surface area contributed by atoms with Crippen LogP contribution in [0.25, 0.3) is 0 Å². The standard InChI is InChI=1S/C14H13F2N3OS/c15-13(16)20-12-8-6-10(7-9-12)17-14(21)19-18-11-4-2-1-3-5-11/h1-9,13,18H,(H2,17,19,21). The lowest BCUT2D eigenvalue weighted by molar-refractivity contribution is -0.0498. The third-order valence-corrected chi connectivity index (χ3v) is 2.64. The molecular weight excluding hydrogens is 296 g/mol. The molecule has 110 valence electrons. The third-order valence-electron chi connectivity index (χ3n) is 2.43. The second kappa shape index (κ2) is 7.39. The molecule has 0 heterocycles. The van der Waals surface area contributed by atoms with Crippen molar-refractivity contribution in [2.24, 2.45) is 0 Å². The molecule has 0 unspecified atom stereocenters. The summed E-state index contributed by atoms with van der Waals surface area (Å²) < 4.78 is 28.3. The molecule has 0 saturated heterocycles. The summed E-state index contributed by atoms with van der Waals surface area (Å²) in [6.45, 7) is -2.83. The fourth-order valence-corrected chi connectivity index (χ4v) is 1.70. The van der Waals surface area contributed by atoms with E-state index in [1.165, 1.54) is 12.1 Å². The first-order valence-corrected chi connectivity index (χ1v) is 6.47. The molecule has 0 aromatic heterocycles. The highest BCUT2D eigenvalue weighted by atomic mass is 32.1. The molecular formula is C14H13F2N3OS. The van der Waals surface area contributed by atoms with Crippen LogP contribution < -0.4 is 20.9 Å². The van der Waals surface area contributed by atoms with Crippen molar-refractivity contribution in [3.63, 3.8) is 0 Å². The first-order chi connectivity index (χ1) is 10.1. The molecule has 0 radical (unpaired) electrons. The van der Waals surface area contributed by atoms with Crippen molar-refractivity contribution < 1.29 is 13.5 Å². The largest absolute Gasteiger partial charge is 0.435 e. The number of rotatable bonds is 5. The van der Waals surface area contributed by atoms with Gasteiger partial charge in [-0.25, -0.2) is 0 Å². The Morgan fingerprint density at radius 3 is 2.24 bits per heavy atom. The van der Waals surface area contributed by atoms with E-state index in [-0.39, 0.29) is 5.75 Å². The molecule has 2 aromatic carbocycles. The first-order valence-electron chi connectivity index (χ1n) is 6.06. The summed E-state index contributed by atoms with van der Waals surface area (Å²) >= 11 is 5.10. The Morgan fingerprint density at radius 2 is 1.62 bits per heavy atom. The van der Waals surface area contributed by atoms with Crippen molar-refractivity contribution in [1.29, 1.82) is 0 Å². The van der Waals surface area contributed by atoms with Crippen LogP contribution >= 0.6 is 12.2 Å². The highest BCUT2D eigenvalue weighted by Gasteiger charge is 2.04. The summed E-state index contributed by atoms with van der Waals surface area (Å²) in [4.78, 5) is 0. The number of alkyl halides is 2. The Hall–Kier alpha value is -2.41. The number of hydrogen-bond acceptors (Lipinski definition) is 3. The summed E-state index contributed by atoms with van der Waals surface area (Å²) in [5, 5.41) is 3.26. The summed E-state index contributed by atoms with van der Waals surface area (Å²) in [6, 6.07) is 15.5. The first kappa shape index (κ1) is 15.0. The number of para-hydroxylation sites is 1. The van der Waals surface area contributed by atoms with Crippen molar-refractivity contribution in [3.05, 3.63) is 54.6 Å². The molecule has 2 rings (SSSR count). The lowest BCUT2D eigenvalue weighted by Crippen LogP contribution is -2.33. The van der Waals surface area contributed by atoms with Crippen LogP contribution in [0.2, 0.25) is 0 Å². The Balaban J connectivity index is 1.82. The van der Waals surface area contributed by atoms with Crippen LogP contribution in [-0.2, 0) is 0 Å². The zero-order valence-electron chi connectivity index (χ0n) is 10.8. The van der Waals surface area contributed by atoms with Gasteiger partial charge in [0.25, 0.3) is 0 Å². The summed E-state index contributed by atoms with van der Waals surface area (Å²) in [5.74, 6) is 0.0943. The molecule has 0 spiro atoms. The van der Waals surface area contributed by atoms with Gasteiger partial charge >= 0.3 is 6.61 Å². The molecule has 0 bridgehead atoms. The zero-order chi connectivity index (χ0) is 15.1. The number of benzene rings is 2. The third kappa shape index (κ3) is 5.23. The average Bonchev–Trinajstić information content (AvgIpc) is 2.48. The Kier molecular flexibility index (Phi) is 5.28. The second-order valence-electron chi connectivity index (χ2n) is 3.97. The van der Waals surface area contributed by atoms with Crippen LogP contribution in [0, 0.1) is 0 Å². The van der Waals surface area contributed by atoms with Gasteiger partial charge < -0.3 is 10.1 Å². The number of ether oxygens (including phenoxy) is 1. The summed E-state index contributed by atoms with van der Waals surface area (Å²) in [7, 11) is 0. The fraction of sp³-hybridized carbons (Fsp3) is 0.0714. The number of halogens is 2. The molecule has 0 atom stereocenters. The molecule has 0 saturated carbocycles. The Labute approximate surface area is 126 Å². The lowest BCUT2D eigenvalue weighted by atomic mass is 10.3. The monoisotopic (exact) mass is 309 g/mol. The van der Waals surface area contributed by atoms with Gasteiger partial charge in [-0.1, -0.05) is 18.2 Å². The molecule has 4 nitrogen and oxygen atoms in total. The van der Waals surface area contributed by atoms with E-state index in [0.29, 0.717) is 10.8 Å². The highest BCUT2D eigenvalue weighted by Crippen LogP contribution is 2.17. The van der Waals surface area contributed by atoms with Gasteiger partial charge in [0.15, 0.2) is 5.11 Å². The Morgan fingerprint density at radius 1 is 0.952 bits per heavy atom. The van der Waals surface area contributed by atoms with Crippen LogP contribution in [0.3, 0.4) is 0 Å². The zero-order valence-corrected chi connectivity index (χ0v) is 11.7. The van der Waals surface area contributed by atoms with Crippen LogP contribution in [0.1, 0.15) is 0 Å². The number of hydrogen-bond donors (Lipinski definition) is 3. The second-order valence-corrected chi connectivity index (χ2v) is 4.38. The molecule has 2 aromatic rings. The van der Waals surface area contributed by atoms with Crippen molar-refractivity contribution in [2.45, 2.75) is 6.61 Å². The molecule has 3 N–H and O–H groups in total. The van der Waals surface area contributed by atoms with E-state index < -0.39 is 6.61 Å². The molecule has 0 fully saturated rings. The molecule has 21 heavy (non-hydrogen) atoms. The Bertz CT molecular complexity index is 579. The van der Waals surface area contributed by atoms with Crippen LogP contribution in [0.4, 0.5) is 20.2 Å². The van der Waals surface area contributed by atoms with Gasteiger partial charge in [-0.15, -0.1) is 0 Å². The molecule has 0 aliphatic carbocycles. The summed E-state index contributed by atoms with van der Waals surface area (Å²) in [5.41, 5.74) is 7.26. The SMILES string of the molecule is FC(F)Oc1ccc(NC(=S)NNc2ccccc2)cc1. The van der Waals surface area contributed by atoms with Crippen molar-refractivity contribution in [3.8, 4) is 5.75 Å². The molecule has 0 aliphatic heterocycles. The highest BCUT2D eigenvalue weighted by molar-refractivity contribution is 7.80. The van der Waals surface area contributed by atoms with E-state index in [9.17, 15) is 8.78 Å². The maximum Gasteiger partial charge on any atom is 0.387 e. The van der Waals surface area contributed by atoms with E-state index in [4.69, 9.17) is 12.2 Å². The fourth-order valence-electron chi connectivity index (χ4n) is 1.53. The lowest BCUT2D eigenvalue weighted by Gasteiger charge is -2.12. The van der Waals surface area contributed by atoms with Gasteiger partial charge in [0.1, 0.15) is 5.75 Å². The number of hydrazine groups is 1. The maximum atomic E-state index is 12.0. The van der Waals surface area contributed by atoms with E-state index in [0.717, 1.165) is 5.69 Å². The smallest absolute Gasteiger partial charge is 0.387 e. The molecule has 7 heteroatoms. The van der Waals surface area contributed by atoms with Crippen LogP contribution in [0.5, 0.6) is 5.75 Å². The van der Waals surface area contributed by atoms with Crippen LogP contribution in [0.15, 0.2) is 54.6 Å². The van der Waals surface area contributed by atoms with E-state index in [1.54, 1.807) is 12.1 Å². The number of nitrogens with one attached hydrogen (secondary N) is 3. The van der Waals surface area contributed by atoms with Gasteiger partial charge in [-0.2, -0.15) is 8.78 Å². The van der Waals surface area contributed by atoms with Gasteiger partial charge in [0, 0.05) is 5.69 Å². The van der Waals surface area contributed by atoms with E-state index >= 15 is 0 Å². The number of anilines is 2. The van der Waals surface area contributed by atoms with Crippen molar-refractivity contribution >= 4 is 28.7 Å². The van der Waals surface area contributed by atoms with Gasteiger partial charge in [0.2, 0.25) is 0 Å². The predicted octanol–water partition coefficient (Wildman–Crippen LogP) is 3.60. The van der Waals surface area contributed by atoms with Crippen molar-refractivity contribution in [2.75, 3.05) is 10.7 Å². The minimum absolute atomic E-state index is 0.0943. The minimum atomic E-state index is -2.83. The van der Waals surface area contributed by atoms with Gasteiger partial charge in [-0.05, 0) is 48.6 Å². The topological polar surface area (TPSA) is 45.3 Å².